The summed E-state index contributed by atoms with van der Waals surface area (Å²) in [5, 5.41) is 10.9. The Balaban J connectivity index is 1.69. The molecule has 0 radical (unpaired) electrons. The first-order chi connectivity index (χ1) is 13.2. The Labute approximate surface area is 155 Å². The van der Waals surface area contributed by atoms with E-state index in [1.807, 2.05) is 42.6 Å². The van der Waals surface area contributed by atoms with Crippen molar-refractivity contribution in [3.63, 3.8) is 0 Å². The van der Waals surface area contributed by atoms with Crippen LogP contribution in [0.15, 0.2) is 71.9 Å². The second-order valence-corrected chi connectivity index (χ2v) is 6.32. The van der Waals surface area contributed by atoms with E-state index in [4.69, 9.17) is 0 Å². The maximum absolute atomic E-state index is 12.9. The monoisotopic (exact) mass is 358 g/mol. The summed E-state index contributed by atoms with van der Waals surface area (Å²) in [6.45, 7) is 0.406. The summed E-state index contributed by atoms with van der Waals surface area (Å²) in [6.07, 6.45) is 5.36. The Kier molecular flexibility index (Phi) is 4.30. The highest BCUT2D eigenvalue weighted by Crippen LogP contribution is 2.22. The van der Waals surface area contributed by atoms with Gasteiger partial charge < -0.3 is 9.88 Å². The lowest BCUT2D eigenvalue weighted by Gasteiger charge is -2.09. The van der Waals surface area contributed by atoms with E-state index in [9.17, 15) is 9.59 Å². The molecule has 2 aromatic carbocycles. The van der Waals surface area contributed by atoms with Gasteiger partial charge in [0.05, 0.1) is 12.7 Å². The molecule has 6 nitrogen and oxygen atoms in total. The number of pyridine rings is 1. The van der Waals surface area contributed by atoms with Crippen LogP contribution in [0.2, 0.25) is 0 Å². The molecule has 0 atom stereocenters. The van der Waals surface area contributed by atoms with Crippen LogP contribution in [0, 0.1) is 0 Å². The van der Waals surface area contributed by atoms with Gasteiger partial charge in [0.15, 0.2) is 0 Å². The molecule has 0 aliphatic rings. The van der Waals surface area contributed by atoms with Gasteiger partial charge >= 0.3 is 0 Å². The summed E-state index contributed by atoms with van der Waals surface area (Å²) in [6, 6.07) is 15.0. The third-order valence-electron chi connectivity index (χ3n) is 4.58. The van der Waals surface area contributed by atoms with Gasteiger partial charge in [-0.3, -0.25) is 14.7 Å². The number of carbonyl (C=O) groups excluding carboxylic acids is 1. The van der Waals surface area contributed by atoms with Crippen molar-refractivity contribution in [1.29, 1.82) is 0 Å². The zero-order valence-corrected chi connectivity index (χ0v) is 14.8. The number of fused-ring (bicyclic) bond motifs is 1. The number of rotatable bonds is 4. The lowest BCUT2D eigenvalue weighted by molar-refractivity contribution is 0.0963. The molecule has 27 heavy (non-hydrogen) atoms. The predicted octanol–water partition coefficient (Wildman–Crippen LogP) is 2.80. The van der Waals surface area contributed by atoms with Crippen LogP contribution in [-0.2, 0) is 6.54 Å². The molecule has 4 rings (SSSR count). The number of hydrogen-bond acceptors (Lipinski definition) is 3. The highest BCUT2D eigenvalue weighted by molar-refractivity contribution is 5.94. The maximum atomic E-state index is 12.9. The first kappa shape index (κ1) is 16.8. The van der Waals surface area contributed by atoms with Crippen molar-refractivity contribution < 1.29 is 4.79 Å². The Morgan fingerprint density at radius 1 is 1.15 bits per heavy atom. The smallest absolute Gasteiger partial charge is 0.258 e. The van der Waals surface area contributed by atoms with Crippen LogP contribution >= 0.6 is 0 Å². The van der Waals surface area contributed by atoms with Gasteiger partial charge in [-0.05, 0) is 46.8 Å². The van der Waals surface area contributed by atoms with Gasteiger partial charge in [-0.15, -0.1) is 0 Å². The normalized spacial score (nSPS) is 10.9. The van der Waals surface area contributed by atoms with Crippen molar-refractivity contribution in [2.45, 2.75) is 6.54 Å². The van der Waals surface area contributed by atoms with Crippen molar-refractivity contribution in [1.82, 2.24) is 20.1 Å². The number of H-pyrrole nitrogens is 1. The number of aromatic nitrogens is 3. The minimum Gasteiger partial charge on any atom is -0.355 e. The molecule has 0 aliphatic heterocycles. The second kappa shape index (κ2) is 6.92. The summed E-state index contributed by atoms with van der Waals surface area (Å²) in [4.78, 5) is 24.7. The quantitative estimate of drug-likeness (QED) is 0.589. The van der Waals surface area contributed by atoms with Gasteiger partial charge in [-0.1, -0.05) is 18.2 Å². The highest BCUT2D eigenvalue weighted by Gasteiger charge is 2.08. The molecule has 0 bridgehead atoms. The molecule has 0 fully saturated rings. The fourth-order valence-corrected chi connectivity index (χ4v) is 3.15. The second-order valence-electron chi connectivity index (χ2n) is 6.32. The largest absolute Gasteiger partial charge is 0.355 e. The number of benzene rings is 2. The Hall–Kier alpha value is -3.67. The molecule has 6 heteroatoms. The van der Waals surface area contributed by atoms with Gasteiger partial charge in [0.25, 0.3) is 11.5 Å². The van der Waals surface area contributed by atoms with E-state index in [1.165, 1.54) is 0 Å². The van der Waals surface area contributed by atoms with Gasteiger partial charge in [0.2, 0.25) is 0 Å². The molecule has 0 spiro atoms. The third kappa shape index (κ3) is 3.25. The SMILES string of the molecule is CNC(=O)c1cccc(Cn2ccc3cc(-c4cn[nH]c4)ccc3c2=O)c1. The van der Waals surface area contributed by atoms with E-state index in [1.54, 1.807) is 36.1 Å². The van der Waals surface area contributed by atoms with E-state index in [0.717, 1.165) is 22.1 Å². The van der Waals surface area contributed by atoms with Crippen LogP contribution in [0.25, 0.3) is 21.9 Å². The Morgan fingerprint density at radius 2 is 2.04 bits per heavy atom. The molecular formula is C21H18N4O2. The molecule has 2 aromatic heterocycles. The summed E-state index contributed by atoms with van der Waals surface area (Å²) in [5.74, 6) is -0.144. The summed E-state index contributed by atoms with van der Waals surface area (Å²) >= 11 is 0. The lowest BCUT2D eigenvalue weighted by atomic mass is 10.0. The third-order valence-corrected chi connectivity index (χ3v) is 4.58. The van der Waals surface area contributed by atoms with E-state index in [2.05, 4.69) is 15.5 Å². The number of amides is 1. The standard InChI is InChI=1S/C21H18N4O2/c1-22-20(26)17-4-2-3-14(9-17)13-25-8-7-16-10-15(18-11-23-24-12-18)5-6-19(16)21(25)27/h2-12H,13H2,1H3,(H,22,26)(H,23,24). The van der Waals surface area contributed by atoms with Crippen LogP contribution in [0.4, 0.5) is 0 Å². The zero-order chi connectivity index (χ0) is 18.8. The summed E-state index contributed by atoms with van der Waals surface area (Å²) in [5.41, 5.74) is 3.40. The summed E-state index contributed by atoms with van der Waals surface area (Å²) in [7, 11) is 1.60. The number of nitrogens with zero attached hydrogens (tertiary/aromatic N) is 2. The number of aromatic amines is 1. The van der Waals surface area contributed by atoms with Crippen molar-refractivity contribution in [3.05, 3.63) is 88.6 Å². The van der Waals surface area contributed by atoms with Gasteiger partial charge in [-0.25, -0.2) is 0 Å². The van der Waals surface area contributed by atoms with Crippen LogP contribution in [0.5, 0.6) is 0 Å². The van der Waals surface area contributed by atoms with Crippen LogP contribution in [-0.4, -0.2) is 27.7 Å². The maximum Gasteiger partial charge on any atom is 0.258 e. The van der Waals surface area contributed by atoms with Gasteiger partial charge in [0.1, 0.15) is 0 Å². The molecule has 134 valence electrons. The molecule has 1 amide bonds. The summed E-state index contributed by atoms with van der Waals surface area (Å²) < 4.78 is 1.66. The average molecular weight is 358 g/mol. The fourth-order valence-electron chi connectivity index (χ4n) is 3.15. The van der Waals surface area contributed by atoms with E-state index in [-0.39, 0.29) is 11.5 Å². The lowest BCUT2D eigenvalue weighted by Crippen LogP contribution is -2.21. The van der Waals surface area contributed by atoms with Crippen molar-refractivity contribution in [3.8, 4) is 11.1 Å². The number of hydrogen-bond donors (Lipinski definition) is 2. The molecular weight excluding hydrogens is 340 g/mol. The zero-order valence-electron chi connectivity index (χ0n) is 14.8. The molecule has 0 saturated carbocycles. The number of carbonyl (C=O) groups is 1. The molecule has 2 N–H and O–H groups in total. The van der Waals surface area contributed by atoms with E-state index >= 15 is 0 Å². The van der Waals surface area contributed by atoms with Crippen LogP contribution in [0.3, 0.4) is 0 Å². The average Bonchev–Trinajstić information content (AvgIpc) is 3.24. The van der Waals surface area contributed by atoms with Crippen molar-refractivity contribution in [2.75, 3.05) is 7.05 Å². The van der Waals surface area contributed by atoms with Gasteiger partial charge in [0, 0.05) is 36.0 Å². The van der Waals surface area contributed by atoms with Crippen molar-refractivity contribution >= 4 is 16.7 Å². The first-order valence-corrected chi connectivity index (χ1v) is 8.59. The molecule has 0 unspecified atom stereocenters. The minimum atomic E-state index is -0.144. The number of nitrogens with one attached hydrogen (secondary N) is 2. The predicted molar refractivity (Wildman–Crippen MR) is 105 cm³/mol. The van der Waals surface area contributed by atoms with E-state index in [0.29, 0.717) is 17.5 Å². The molecule has 0 saturated heterocycles. The molecule has 0 aliphatic carbocycles. The minimum absolute atomic E-state index is 0.0587. The van der Waals surface area contributed by atoms with E-state index < -0.39 is 0 Å². The van der Waals surface area contributed by atoms with Crippen LogP contribution < -0.4 is 10.9 Å². The highest BCUT2D eigenvalue weighted by atomic mass is 16.1. The Bertz CT molecular complexity index is 1180. The molecule has 4 aromatic rings. The van der Waals surface area contributed by atoms with Gasteiger partial charge in [-0.2, -0.15) is 5.10 Å². The Morgan fingerprint density at radius 3 is 2.81 bits per heavy atom. The topological polar surface area (TPSA) is 79.8 Å². The van der Waals surface area contributed by atoms with Crippen molar-refractivity contribution in [2.24, 2.45) is 0 Å². The fraction of sp³-hybridized carbons (Fsp3) is 0.0952. The van der Waals surface area contributed by atoms with Crippen LogP contribution in [0.1, 0.15) is 15.9 Å². The first-order valence-electron chi connectivity index (χ1n) is 8.59. The molecule has 2 heterocycles.